The van der Waals surface area contributed by atoms with Crippen LogP contribution in [-0.4, -0.2) is 12.6 Å². The van der Waals surface area contributed by atoms with Crippen LogP contribution in [0.3, 0.4) is 0 Å². The second kappa shape index (κ2) is 6.77. The fraction of sp³-hybridized carbons (Fsp3) is 0.333. The zero-order valence-corrected chi connectivity index (χ0v) is 12.5. The molecule has 1 rings (SSSR count). The smallest absolute Gasteiger partial charge is 0.310 e. The average molecular weight is 361 g/mol. The van der Waals surface area contributed by atoms with Crippen LogP contribution in [0.15, 0.2) is 16.6 Å². The Bertz CT molecular complexity index is 466. The highest BCUT2D eigenvalue weighted by Crippen LogP contribution is 2.25. The van der Waals surface area contributed by atoms with Gasteiger partial charge in [-0.1, -0.05) is 22.0 Å². The van der Waals surface area contributed by atoms with Crippen molar-refractivity contribution in [2.24, 2.45) is 0 Å². The number of rotatable bonds is 4. The van der Waals surface area contributed by atoms with Gasteiger partial charge in [-0.25, -0.2) is 0 Å². The Labute approximate surface area is 117 Å². The van der Waals surface area contributed by atoms with Gasteiger partial charge in [-0.3, -0.25) is 4.79 Å². The first-order valence-corrected chi connectivity index (χ1v) is 6.97. The highest BCUT2D eigenvalue weighted by Gasteiger charge is 2.15. The van der Waals surface area contributed by atoms with Crippen molar-refractivity contribution >= 4 is 37.8 Å². The van der Waals surface area contributed by atoms with Gasteiger partial charge in [0.1, 0.15) is 6.07 Å². The van der Waals surface area contributed by atoms with E-state index >= 15 is 0 Å². The summed E-state index contributed by atoms with van der Waals surface area (Å²) in [6.07, 6.45) is 0.122. The molecule has 0 N–H and O–H groups in total. The summed E-state index contributed by atoms with van der Waals surface area (Å²) in [6.45, 7) is 2.10. The van der Waals surface area contributed by atoms with Gasteiger partial charge < -0.3 is 4.74 Å². The van der Waals surface area contributed by atoms with E-state index in [0.717, 1.165) is 11.1 Å². The maximum Gasteiger partial charge on any atom is 0.310 e. The molecule has 3 nitrogen and oxygen atoms in total. The Kier molecular flexibility index (Phi) is 5.66. The van der Waals surface area contributed by atoms with E-state index in [1.807, 2.05) is 12.1 Å². The molecule has 0 saturated carbocycles. The van der Waals surface area contributed by atoms with E-state index in [0.29, 0.717) is 22.0 Å². The van der Waals surface area contributed by atoms with Gasteiger partial charge in [0.15, 0.2) is 0 Å². The maximum absolute atomic E-state index is 11.5. The lowest BCUT2D eigenvalue weighted by Crippen LogP contribution is -2.10. The Morgan fingerprint density at radius 3 is 2.76 bits per heavy atom. The van der Waals surface area contributed by atoms with Crippen LogP contribution in [0.1, 0.15) is 23.6 Å². The van der Waals surface area contributed by atoms with E-state index in [2.05, 4.69) is 37.9 Å². The number of alkyl halides is 1. The predicted molar refractivity (Wildman–Crippen MR) is 71.8 cm³/mol. The molecule has 0 aliphatic carbocycles. The molecule has 0 aliphatic rings. The molecule has 17 heavy (non-hydrogen) atoms. The summed E-state index contributed by atoms with van der Waals surface area (Å²) in [7, 11) is 0. The number of benzene rings is 1. The molecule has 90 valence electrons. The molecule has 1 aromatic rings. The summed E-state index contributed by atoms with van der Waals surface area (Å²) >= 11 is 6.66. The van der Waals surface area contributed by atoms with Gasteiger partial charge in [0, 0.05) is 9.80 Å². The number of nitrogens with zero attached hydrogens (tertiary/aromatic N) is 1. The minimum atomic E-state index is -0.315. The summed E-state index contributed by atoms with van der Waals surface area (Å²) in [5, 5.41) is 9.72. The molecular formula is C12H11Br2NO2. The molecule has 0 saturated heterocycles. The first-order valence-electron chi connectivity index (χ1n) is 5.06. The summed E-state index contributed by atoms with van der Waals surface area (Å²) in [5.41, 5.74) is 2.14. The molecular weight excluding hydrogens is 350 g/mol. The summed E-state index contributed by atoms with van der Waals surface area (Å²) in [6, 6.07) is 5.80. The molecule has 0 spiro atoms. The van der Waals surface area contributed by atoms with Crippen molar-refractivity contribution in [3.63, 3.8) is 0 Å². The van der Waals surface area contributed by atoms with Gasteiger partial charge in [-0.05, 0) is 40.0 Å². The number of halogens is 2. The fourth-order valence-electron chi connectivity index (χ4n) is 1.47. The average Bonchev–Trinajstić information content (AvgIpc) is 2.30. The van der Waals surface area contributed by atoms with E-state index in [-0.39, 0.29) is 12.4 Å². The van der Waals surface area contributed by atoms with Gasteiger partial charge in [-0.15, -0.1) is 0 Å². The summed E-state index contributed by atoms with van der Waals surface area (Å²) in [5.74, 6) is -0.315. The minimum absolute atomic E-state index is 0.122. The largest absolute Gasteiger partial charge is 0.466 e. The normalized spacial score (nSPS) is 9.76. The van der Waals surface area contributed by atoms with Gasteiger partial charge in [-0.2, -0.15) is 5.26 Å². The first-order chi connectivity index (χ1) is 8.13. The van der Waals surface area contributed by atoms with Crippen molar-refractivity contribution in [2.45, 2.75) is 18.7 Å². The maximum atomic E-state index is 11.5. The van der Waals surface area contributed by atoms with Crippen molar-refractivity contribution in [2.75, 3.05) is 6.61 Å². The molecule has 0 bridgehead atoms. The Morgan fingerprint density at radius 2 is 2.24 bits per heavy atom. The zero-order chi connectivity index (χ0) is 12.8. The first kappa shape index (κ1) is 14.2. The van der Waals surface area contributed by atoms with Crippen LogP contribution < -0.4 is 0 Å². The lowest BCUT2D eigenvalue weighted by Gasteiger charge is -2.10. The van der Waals surface area contributed by atoms with E-state index in [4.69, 9.17) is 10.00 Å². The van der Waals surface area contributed by atoms with Crippen molar-refractivity contribution in [1.82, 2.24) is 0 Å². The van der Waals surface area contributed by atoms with Crippen LogP contribution in [-0.2, 0) is 21.3 Å². The number of nitriles is 1. The number of carbonyl (C=O) groups excluding carboxylic acids is 1. The van der Waals surface area contributed by atoms with Crippen LogP contribution in [0.2, 0.25) is 0 Å². The third-order valence-corrected chi connectivity index (χ3v) is 3.51. The lowest BCUT2D eigenvalue weighted by atomic mass is 10.00. The van der Waals surface area contributed by atoms with Crippen LogP contribution in [0.25, 0.3) is 0 Å². The van der Waals surface area contributed by atoms with Gasteiger partial charge in [0.2, 0.25) is 0 Å². The number of esters is 1. The van der Waals surface area contributed by atoms with Gasteiger partial charge in [0.05, 0.1) is 18.6 Å². The predicted octanol–water partition coefficient (Wildman–Crippen LogP) is 3.32. The van der Waals surface area contributed by atoms with Gasteiger partial charge in [0.25, 0.3) is 0 Å². The Hall–Kier alpha value is -0.860. The second-order valence-electron chi connectivity index (χ2n) is 3.29. The molecule has 0 unspecified atom stereocenters. The second-order valence-corrected chi connectivity index (χ2v) is 4.70. The molecule has 1 aromatic carbocycles. The highest BCUT2D eigenvalue weighted by atomic mass is 79.9. The van der Waals surface area contributed by atoms with Crippen LogP contribution in [0, 0.1) is 11.3 Å². The highest BCUT2D eigenvalue weighted by molar-refractivity contribution is 9.10. The van der Waals surface area contributed by atoms with Crippen LogP contribution in [0.5, 0.6) is 0 Å². The van der Waals surface area contributed by atoms with E-state index in [1.165, 1.54) is 0 Å². The van der Waals surface area contributed by atoms with Crippen LogP contribution in [0.4, 0.5) is 0 Å². The molecule has 0 aromatic heterocycles. The molecule has 0 aliphatic heterocycles. The van der Waals surface area contributed by atoms with Crippen LogP contribution >= 0.6 is 31.9 Å². The standard InChI is InChI=1S/C12H11Br2NO2/c1-2-17-12(16)5-9-8(6-13)3-4-11(14)10(9)7-15/h3-4H,2,5-6H2,1H3. The molecule has 0 atom stereocenters. The Morgan fingerprint density at radius 1 is 1.53 bits per heavy atom. The SMILES string of the molecule is CCOC(=O)Cc1c(CBr)ccc(Br)c1C#N. The minimum Gasteiger partial charge on any atom is -0.466 e. The quantitative estimate of drug-likeness (QED) is 0.611. The van der Waals surface area contributed by atoms with Crippen molar-refractivity contribution < 1.29 is 9.53 Å². The molecule has 0 amide bonds. The number of hydrogen-bond acceptors (Lipinski definition) is 3. The Balaban J connectivity index is 3.15. The summed E-state index contributed by atoms with van der Waals surface area (Å²) < 4.78 is 5.60. The molecule has 0 fully saturated rings. The third-order valence-electron chi connectivity index (χ3n) is 2.24. The van der Waals surface area contributed by atoms with E-state index < -0.39 is 0 Å². The van der Waals surface area contributed by atoms with Gasteiger partial charge >= 0.3 is 5.97 Å². The molecule has 0 heterocycles. The number of ether oxygens (including phenoxy) is 1. The van der Waals surface area contributed by atoms with E-state index in [9.17, 15) is 4.79 Å². The number of hydrogen-bond donors (Lipinski definition) is 0. The summed E-state index contributed by atoms with van der Waals surface area (Å²) in [4.78, 5) is 11.5. The fourth-order valence-corrected chi connectivity index (χ4v) is 2.45. The van der Waals surface area contributed by atoms with E-state index in [1.54, 1.807) is 6.92 Å². The third kappa shape index (κ3) is 3.55. The van der Waals surface area contributed by atoms with Crippen molar-refractivity contribution in [3.8, 4) is 6.07 Å². The molecule has 5 heteroatoms. The van der Waals surface area contributed by atoms with Crippen molar-refractivity contribution in [1.29, 1.82) is 5.26 Å². The number of carbonyl (C=O) groups is 1. The zero-order valence-electron chi connectivity index (χ0n) is 9.30. The topological polar surface area (TPSA) is 50.1 Å². The lowest BCUT2D eigenvalue weighted by molar-refractivity contribution is -0.142. The monoisotopic (exact) mass is 359 g/mol. The molecule has 0 radical (unpaired) electrons. The van der Waals surface area contributed by atoms with Crippen molar-refractivity contribution in [3.05, 3.63) is 33.3 Å².